The maximum atomic E-state index is 12.5. The lowest BCUT2D eigenvalue weighted by molar-refractivity contribution is 0.0939. The first-order valence-corrected chi connectivity index (χ1v) is 9.48. The van der Waals surface area contributed by atoms with E-state index in [2.05, 4.69) is 20.5 Å². The van der Waals surface area contributed by atoms with Crippen LogP contribution in [0.25, 0.3) is 22.5 Å². The summed E-state index contributed by atoms with van der Waals surface area (Å²) in [6.07, 6.45) is 0. The first-order chi connectivity index (χ1) is 14.5. The maximum Gasteiger partial charge on any atom is 0.291 e. The zero-order chi connectivity index (χ0) is 21.5. The van der Waals surface area contributed by atoms with Crippen molar-refractivity contribution in [2.45, 2.75) is 0 Å². The van der Waals surface area contributed by atoms with E-state index >= 15 is 0 Å². The highest BCUT2D eigenvalue weighted by molar-refractivity contribution is 5.91. The van der Waals surface area contributed by atoms with Crippen molar-refractivity contribution in [2.75, 3.05) is 41.4 Å². The minimum atomic E-state index is -0.361. The standard InChI is InChI=1S/C22H25N5O3/c1-27(2)14-13-23-22(28)21-24-19(15-5-9-17(29-3)10-6-15)20(25-26-21)16-7-11-18(30-4)12-8-16/h5-12H,13-14H2,1-4H3,(H,23,28). The van der Waals surface area contributed by atoms with Crippen molar-refractivity contribution in [1.82, 2.24) is 25.4 Å². The van der Waals surface area contributed by atoms with Crippen LogP contribution in [0.15, 0.2) is 48.5 Å². The van der Waals surface area contributed by atoms with Crippen LogP contribution in [0.2, 0.25) is 0 Å². The van der Waals surface area contributed by atoms with Gasteiger partial charge in [0, 0.05) is 24.2 Å². The van der Waals surface area contributed by atoms with Crippen LogP contribution < -0.4 is 14.8 Å². The first kappa shape index (κ1) is 21.2. The fourth-order valence-corrected chi connectivity index (χ4v) is 2.79. The number of carbonyl (C=O) groups excluding carboxylic acids is 1. The summed E-state index contributed by atoms with van der Waals surface area (Å²) in [5.41, 5.74) is 2.77. The number of carbonyl (C=O) groups is 1. The average molecular weight is 407 g/mol. The lowest BCUT2D eigenvalue weighted by Gasteiger charge is -2.12. The molecular weight excluding hydrogens is 382 g/mol. The fourth-order valence-electron chi connectivity index (χ4n) is 2.79. The monoisotopic (exact) mass is 407 g/mol. The molecule has 0 aliphatic carbocycles. The Morgan fingerprint density at radius 1 is 0.867 bits per heavy atom. The summed E-state index contributed by atoms with van der Waals surface area (Å²) in [7, 11) is 7.11. The molecule has 0 bridgehead atoms. The van der Waals surface area contributed by atoms with Crippen LogP contribution in [0.3, 0.4) is 0 Å². The van der Waals surface area contributed by atoms with Gasteiger partial charge in [-0.05, 0) is 62.6 Å². The lowest BCUT2D eigenvalue weighted by Crippen LogP contribution is -2.32. The van der Waals surface area contributed by atoms with Crippen LogP contribution in [0, 0.1) is 0 Å². The highest BCUT2D eigenvalue weighted by Crippen LogP contribution is 2.30. The number of benzene rings is 2. The molecule has 1 heterocycles. The fraction of sp³-hybridized carbons (Fsp3) is 0.273. The summed E-state index contributed by atoms with van der Waals surface area (Å²) in [5, 5.41) is 11.2. The van der Waals surface area contributed by atoms with Gasteiger partial charge in [0.1, 0.15) is 22.9 Å². The molecule has 0 fully saturated rings. The number of aromatic nitrogens is 3. The van der Waals surface area contributed by atoms with Crippen molar-refractivity contribution in [3.8, 4) is 34.0 Å². The van der Waals surface area contributed by atoms with Crippen LogP contribution in [0.4, 0.5) is 0 Å². The molecule has 3 aromatic rings. The van der Waals surface area contributed by atoms with Gasteiger partial charge in [0.25, 0.3) is 5.91 Å². The molecule has 0 radical (unpaired) electrons. The van der Waals surface area contributed by atoms with Gasteiger partial charge in [-0.25, -0.2) is 4.98 Å². The number of hydrogen-bond acceptors (Lipinski definition) is 7. The topological polar surface area (TPSA) is 89.5 Å². The summed E-state index contributed by atoms with van der Waals surface area (Å²) in [4.78, 5) is 19.0. The van der Waals surface area contributed by atoms with Crippen molar-refractivity contribution in [3.05, 3.63) is 54.4 Å². The van der Waals surface area contributed by atoms with Gasteiger partial charge in [-0.15, -0.1) is 10.2 Å². The van der Waals surface area contributed by atoms with Crippen LogP contribution >= 0.6 is 0 Å². The third-order valence-corrected chi connectivity index (χ3v) is 4.46. The molecule has 8 nitrogen and oxygen atoms in total. The molecule has 8 heteroatoms. The van der Waals surface area contributed by atoms with Crippen LogP contribution in [0.5, 0.6) is 11.5 Å². The Hall–Kier alpha value is -3.52. The van der Waals surface area contributed by atoms with E-state index in [4.69, 9.17) is 9.47 Å². The minimum absolute atomic E-state index is 0.0248. The molecule has 0 aliphatic heterocycles. The van der Waals surface area contributed by atoms with E-state index in [1.54, 1.807) is 14.2 Å². The van der Waals surface area contributed by atoms with Crippen molar-refractivity contribution in [1.29, 1.82) is 0 Å². The van der Waals surface area contributed by atoms with E-state index in [1.165, 1.54) is 0 Å². The molecule has 0 unspecified atom stereocenters. The van der Waals surface area contributed by atoms with Gasteiger partial charge < -0.3 is 19.7 Å². The number of ether oxygens (including phenoxy) is 2. The molecule has 3 rings (SSSR count). The molecule has 2 aromatic carbocycles. The maximum absolute atomic E-state index is 12.5. The molecular formula is C22H25N5O3. The van der Waals surface area contributed by atoms with Gasteiger partial charge in [0.2, 0.25) is 5.82 Å². The van der Waals surface area contributed by atoms with E-state index < -0.39 is 0 Å². The Kier molecular flexibility index (Phi) is 6.92. The van der Waals surface area contributed by atoms with Gasteiger partial charge in [-0.2, -0.15) is 0 Å². The van der Waals surface area contributed by atoms with Crippen LogP contribution in [0.1, 0.15) is 10.6 Å². The molecule has 0 aliphatic rings. The molecule has 0 spiro atoms. The molecule has 1 aromatic heterocycles. The molecule has 30 heavy (non-hydrogen) atoms. The first-order valence-electron chi connectivity index (χ1n) is 9.48. The second-order valence-electron chi connectivity index (χ2n) is 6.85. The zero-order valence-electron chi connectivity index (χ0n) is 17.5. The predicted molar refractivity (Wildman–Crippen MR) is 115 cm³/mol. The summed E-state index contributed by atoms with van der Waals surface area (Å²) in [6.45, 7) is 1.21. The second-order valence-corrected chi connectivity index (χ2v) is 6.85. The molecule has 0 saturated heterocycles. The summed E-state index contributed by atoms with van der Waals surface area (Å²) < 4.78 is 10.5. The molecule has 0 saturated carbocycles. The molecule has 0 atom stereocenters. The Bertz CT molecular complexity index is 989. The van der Waals surface area contributed by atoms with Crippen LogP contribution in [-0.2, 0) is 0 Å². The zero-order valence-corrected chi connectivity index (χ0v) is 17.5. The SMILES string of the molecule is COc1ccc(-c2nnc(C(=O)NCCN(C)C)nc2-c2ccc(OC)cc2)cc1. The van der Waals surface area contributed by atoms with Crippen molar-refractivity contribution < 1.29 is 14.3 Å². The summed E-state index contributed by atoms with van der Waals surface area (Å²) in [6, 6.07) is 14.9. The van der Waals surface area contributed by atoms with E-state index in [9.17, 15) is 4.79 Å². The van der Waals surface area contributed by atoms with Crippen molar-refractivity contribution >= 4 is 5.91 Å². The molecule has 1 amide bonds. The van der Waals surface area contributed by atoms with E-state index in [0.29, 0.717) is 24.5 Å². The number of hydrogen-bond donors (Lipinski definition) is 1. The van der Waals surface area contributed by atoms with Crippen molar-refractivity contribution in [3.63, 3.8) is 0 Å². The number of nitrogens with zero attached hydrogens (tertiary/aromatic N) is 4. The normalized spacial score (nSPS) is 10.7. The third kappa shape index (κ3) is 5.09. The Morgan fingerprint density at radius 3 is 1.90 bits per heavy atom. The Morgan fingerprint density at radius 2 is 1.40 bits per heavy atom. The quantitative estimate of drug-likeness (QED) is 0.614. The second kappa shape index (κ2) is 9.80. The highest BCUT2D eigenvalue weighted by Gasteiger charge is 2.17. The largest absolute Gasteiger partial charge is 0.497 e. The van der Waals surface area contributed by atoms with Crippen LogP contribution in [-0.4, -0.2) is 67.4 Å². The third-order valence-electron chi connectivity index (χ3n) is 4.46. The van der Waals surface area contributed by atoms with E-state index in [-0.39, 0.29) is 11.7 Å². The lowest BCUT2D eigenvalue weighted by atomic mass is 10.0. The van der Waals surface area contributed by atoms with E-state index in [0.717, 1.165) is 22.6 Å². The average Bonchev–Trinajstić information content (AvgIpc) is 2.78. The van der Waals surface area contributed by atoms with Gasteiger partial charge in [-0.3, -0.25) is 4.79 Å². The van der Waals surface area contributed by atoms with E-state index in [1.807, 2.05) is 67.5 Å². The Balaban J connectivity index is 1.99. The smallest absolute Gasteiger partial charge is 0.291 e. The van der Waals surface area contributed by atoms with Gasteiger partial charge in [0.05, 0.1) is 14.2 Å². The summed E-state index contributed by atoms with van der Waals surface area (Å²) >= 11 is 0. The summed E-state index contributed by atoms with van der Waals surface area (Å²) in [5.74, 6) is 1.13. The number of nitrogens with one attached hydrogen (secondary N) is 1. The Labute approximate surface area is 175 Å². The minimum Gasteiger partial charge on any atom is -0.497 e. The van der Waals surface area contributed by atoms with Crippen molar-refractivity contribution in [2.24, 2.45) is 0 Å². The molecule has 156 valence electrons. The number of amides is 1. The number of rotatable bonds is 8. The molecule has 1 N–H and O–H groups in total. The van der Waals surface area contributed by atoms with Gasteiger partial charge >= 0.3 is 0 Å². The highest BCUT2D eigenvalue weighted by atomic mass is 16.5. The number of likely N-dealkylation sites (N-methyl/N-ethyl adjacent to an activating group) is 1. The van der Waals surface area contributed by atoms with Gasteiger partial charge in [0.15, 0.2) is 0 Å². The predicted octanol–water partition coefficient (Wildman–Crippen LogP) is 2.51. The van der Waals surface area contributed by atoms with Gasteiger partial charge in [-0.1, -0.05) is 0 Å². The number of methoxy groups -OCH3 is 2.